The first-order valence-electron chi connectivity index (χ1n) is 9.14. The first-order chi connectivity index (χ1) is 12.7. The van der Waals surface area contributed by atoms with E-state index < -0.39 is 6.10 Å². The third kappa shape index (κ3) is 6.44. The lowest BCUT2D eigenvalue weighted by molar-refractivity contribution is -0.122. The van der Waals surface area contributed by atoms with E-state index in [1.54, 1.807) is 24.3 Å². The van der Waals surface area contributed by atoms with Gasteiger partial charge in [0.05, 0.1) is 0 Å². The normalized spacial score (nSPS) is 12.2. The first kappa shape index (κ1) is 20.5. The molecule has 0 saturated heterocycles. The predicted octanol–water partition coefficient (Wildman–Crippen LogP) is 4.32. The summed E-state index contributed by atoms with van der Waals surface area (Å²) in [6.07, 6.45) is -0.0399. The summed E-state index contributed by atoms with van der Waals surface area (Å²) in [6, 6.07) is 14.4. The highest BCUT2D eigenvalue weighted by Gasteiger charge is 2.19. The first-order valence-corrected chi connectivity index (χ1v) is 9.14. The van der Waals surface area contributed by atoms with Gasteiger partial charge in [-0.05, 0) is 76.1 Å². The van der Waals surface area contributed by atoms with Crippen LogP contribution < -0.4 is 15.4 Å². The Morgan fingerprint density at radius 2 is 1.74 bits per heavy atom. The zero-order chi connectivity index (χ0) is 20.0. The minimum Gasteiger partial charge on any atom is -0.481 e. The summed E-state index contributed by atoms with van der Waals surface area (Å²) in [5, 5.41) is 5.76. The third-order valence-electron chi connectivity index (χ3n) is 3.83. The minimum atomic E-state index is -0.587. The summed E-state index contributed by atoms with van der Waals surface area (Å²) in [7, 11) is 0. The standard InChI is InChI=1S/C22H28N2O3/c1-6-19(27-18-9-7-8-15(2)14-18)21(26)23-17-12-10-16(11-13-17)20(25)24-22(3,4)5/h7-14,19H,6H2,1-5H3,(H,23,26)(H,24,25). The van der Waals surface area contributed by atoms with Crippen molar-refractivity contribution in [2.75, 3.05) is 5.32 Å². The molecule has 2 amide bonds. The van der Waals surface area contributed by atoms with Gasteiger partial charge in [-0.25, -0.2) is 0 Å². The van der Waals surface area contributed by atoms with Gasteiger partial charge in [0.2, 0.25) is 0 Å². The number of anilines is 1. The SMILES string of the molecule is CCC(Oc1cccc(C)c1)C(=O)Nc1ccc(C(=O)NC(C)(C)C)cc1. The molecule has 0 aromatic heterocycles. The fourth-order valence-corrected chi connectivity index (χ4v) is 2.52. The van der Waals surface area contributed by atoms with Crippen molar-refractivity contribution in [3.05, 3.63) is 59.7 Å². The highest BCUT2D eigenvalue weighted by molar-refractivity contribution is 5.97. The van der Waals surface area contributed by atoms with Gasteiger partial charge in [0.15, 0.2) is 6.10 Å². The molecule has 0 spiro atoms. The number of hydrogen-bond acceptors (Lipinski definition) is 3. The van der Waals surface area contributed by atoms with Gasteiger partial charge in [-0.2, -0.15) is 0 Å². The van der Waals surface area contributed by atoms with Crippen molar-refractivity contribution in [1.29, 1.82) is 0 Å². The van der Waals surface area contributed by atoms with Crippen LogP contribution in [0, 0.1) is 6.92 Å². The lowest BCUT2D eigenvalue weighted by Crippen LogP contribution is -2.40. The second-order valence-corrected chi connectivity index (χ2v) is 7.60. The number of carbonyl (C=O) groups is 2. The third-order valence-corrected chi connectivity index (χ3v) is 3.83. The molecule has 0 aliphatic rings. The fourth-order valence-electron chi connectivity index (χ4n) is 2.52. The largest absolute Gasteiger partial charge is 0.481 e. The van der Waals surface area contributed by atoms with Crippen molar-refractivity contribution >= 4 is 17.5 Å². The van der Waals surface area contributed by atoms with Crippen LogP contribution in [-0.2, 0) is 4.79 Å². The molecule has 5 heteroatoms. The molecular formula is C22H28N2O3. The van der Waals surface area contributed by atoms with Gasteiger partial charge in [0, 0.05) is 16.8 Å². The molecule has 144 valence electrons. The molecule has 5 nitrogen and oxygen atoms in total. The van der Waals surface area contributed by atoms with E-state index in [9.17, 15) is 9.59 Å². The molecule has 2 N–H and O–H groups in total. The highest BCUT2D eigenvalue weighted by atomic mass is 16.5. The van der Waals surface area contributed by atoms with Crippen LogP contribution in [0.15, 0.2) is 48.5 Å². The van der Waals surface area contributed by atoms with E-state index >= 15 is 0 Å². The van der Waals surface area contributed by atoms with E-state index in [-0.39, 0.29) is 17.4 Å². The number of amides is 2. The number of rotatable bonds is 6. The maximum Gasteiger partial charge on any atom is 0.265 e. The Morgan fingerprint density at radius 3 is 2.30 bits per heavy atom. The van der Waals surface area contributed by atoms with E-state index in [2.05, 4.69) is 10.6 Å². The smallest absolute Gasteiger partial charge is 0.265 e. The van der Waals surface area contributed by atoms with Crippen molar-refractivity contribution in [3.8, 4) is 5.75 Å². The monoisotopic (exact) mass is 368 g/mol. The summed E-state index contributed by atoms with van der Waals surface area (Å²) in [5.41, 5.74) is 1.95. The minimum absolute atomic E-state index is 0.144. The number of hydrogen-bond donors (Lipinski definition) is 2. The second-order valence-electron chi connectivity index (χ2n) is 7.60. The lowest BCUT2D eigenvalue weighted by Gasteiger charge is -2.20. The Morgan fingerprint density at radius 1 is 1.07 bits per heavy atom. The van der Waals surface area contributed by atoms with Crippen LogP contribution >= 0.6 is 0 Å². The van der Waals surface area contributed by atoms with Crippen molar-refractivity contribution in [2.45, 2.75) is 52.7 Å². The molecule has 0 saturated carbocycles. The zero-order valence-corrected chi connectivity index (χ0v) is 16.6. The Hall–Kier alpha value is -2.82. The summed E-state index contributed by atoms with van der Waals surface area (Å²) >= 11 is 0. The average molecular weight is 368 g/mol. The topological polar surface area (TPSA) is 67.4 Å². The van der Waals surface area contributed by atoms with Gasteiger partial charge in [-0.15, -0.1) is 0 Å². The molecule has 0 aliphatic carbocycles. The van der Waals surface area contributed by atoms with E-state index in [0.29, 0.717) is 23.4 Å². The van der Waals surface area contributed by atoms with Gasteiger partial charge in [-0.1, -0.05) is 19.1 Å². The Labute approximate surface area is 161 Å². The van der Waals surface area contributed by atoms with Crippen LogP contribution in [0.4, 0.5) is 5.69 Å². The van der Waals surface area contributed by atoms with Gasteiger partial charge in [0.1, 0.15) is 5.75 Å². The van der Waals surface area contributed by atoms with Crippen LogP contribution in [0.3, 0.4) is 0 Å². The Bertz CT molecular complexity index is 792. The van der Waals surface area contributed by atoms with Crippen LogP contribution in [-0.4, -0.2) is 23.5 Å². The van der Waals surface area contributed by atoms with Gasteiger partial charge >= 0.3 is 0 Å². The molecule has 2 aromatic carbocycles. The Kier molecular flexibility index (Phi) is 6.61. The summed E-state index contributed by atoms with van der Waals surface area (Å²) in [6.45, 7) is 9.67. The van der Waals surface area contributed by atoms with Gasteiger partial charge in [-0.3, -0.25) is 9.59 Å². The van der Waals surface area contributed by atoms with E-state index in [1.807, 2.05) is 58.9 Å². The highest BCUT2D eigenvalue weighted by Crippen LogP contribution is 2.17. The molecule has 0 heterocycles. The lowest BCUT2D eigenvalue weighted by atomic mass is 10.1. The van der Waals surface area contributed by atoms with Crippen molar-refractivity contribution in [1.82, 2.24) is 5.32 Å². The molecule has 0 radical (unpaired) electrons. The number of nitrogens with one attached hydrogen (secondary N) is 2. The number of ether oxygens (including phenoxy) is 1. The molecule has 0 bridgehead atoms. The fraction of sp³-hybridized carbons (Fsp3) is 0.364. The average Bonchev–Trinajstić information content (AvgIpc) is 2.58. The number of benzene rings is 2. The van der Waals surface area contributed by atoms with Gasteiger partial charge < -0.3 is 15.4 Å². The predicted molar refractivity (Wildman–Crippen MR) is 108 cm³/mol. The van der Waals surface area contributed by atoms with Crippen molar-refractivity contribution < 1.29 is 14.3 Å². The van der Waals surface area contributed by atoms with Gasteiger partial charge in [0.25, 0.3) is 11.8 Å². The molecule has 2 rings (SSSR count). The Balaban J connectivity index is 2.00. The second kappa shape index (κ2) is 8.71. The molecule has 0 aliphatic heterocycles. The molecule has 1 unspecified atom stereocenters. The summed E-state index contributed by atoms with van der Waals surface area (Å²) < 4.78 is 5.82. The quantitative estimate of drug-likeness (QED) is 0.798. The van der Waals surface area contributed by atoms with E-state index in [4.69, 9.17) is 4.74 Å². The zero-order valence-electron chi connectivity index (χ0n) is 16.6. The summed E-state index contributed by atoms with van der Waals surface area (Å²) in [4.78, 5) is 24.7. The maximum absolute atomic E-state index is 12.5. The molecular weight excluding hydrogens is 340 g/mol. The van der Waals surface area contributed by atoms with Crippen molar-refractivity contribution in [2.24, 2.45) is 0 Å². The number of aryl methyl sites for hydroxylation is 1. The molecule has 2 aromatic rings. The van der Waals surface area contributed by atoms with Crippen LogP contribution in [0.1, 0.15) is 50.0 Å². The van der Waals surface area contributed by atoms with E-state index in [0.717, 1.165) is 5.56 Å². The molecule has 27 heavy (non-hydrogen) atoms. The van der Waals surface area contributed by atoms with Crippen LogP contribution in [0.25, 0.3) is 0 Å². The molecule has 0 fully saturated rings. The molecule has 1 atom stereocenters. The van der Waals surface area contributed by atoms with E-state index in [1.165, 1.54) is 0 Å². The maximum atomic E-state index is 12.5. The summed E-state index contributed by atoms with van der Waals surface area (Å²) in [5.74, 6) is 0.312. The van der Waals surface area contributed by atoms with Crippen LogP contribution in [0.5, 0.6) is 5.75 Å². The van der Waals surface area contributed by atoms with Crippen molar-refractivity contribution in [3.63, 3.8) is 0 Å². The van der Waals surface area contributed by atoms with Crippen LogP contribution in [0.2, 0.25) is 0 Å². The number of carbonyl (C=O) groups excluding carboxylic acids is 2.